The van der Waals surface area contributed by atoms with E-state index in [1.54, 1.807) is 36.4 Å². The molecule has 0 bridgehead atoms. The van der Waals surface area contributed by atoms with Crippen LogP contribution in [0.3, 0.4) is 0 Å². The molecule has 4 heterocycles. The molecule has 0 atom stereocenters. The van der Waals surface area contributed by atoms with E-state index in [9.17, 15) is 4.39 Å². The second-order valence-corrected chi connectivity index (χ2v) is 4.91. The van der Waals surface area contributed by atoms with Crippen molar-refractivity contribution in [1.29, 1.82) is 0 Å². The summed E-state index contributed by atoms with van der Waals surface area (Å²) < 4.78 is 15.8. The summed E-state index contributed by atoms with van der Waals surface area (Å²) in [6.45, 7) is 0. The Morgan fingerprint density at radius 2 is 1.95 bits per heavy atom. The van der Waals surface area contributed by atoms with Gasteiger partial charge in [-0.25, -0.2) is 9.37 Å². The number of aromatic nitrogens is 6. The lowest BCUT2D eigenvalue weighted by molar-refractivity contribution is 0.623. The lowest BCUT2D eigenvalue weighted by Crippen LogP contribution is -1.91. The number of nitrogens with zero attached hydrogens (tertiary/aromatic N) is 5. The van der Waals surface area contributed by atoms with Gasteiger partial charge in [0.2, 0.25) is 0 Å². The predicted molar refractivity (Wildman–Crippen MR) is 79.3 cm³/mol. The molecule has 0 aromatic carbocycles. The number of H-pyrrole nitrogens is 1. The van der Waals surface area contributed by atoms with Crippen molar-refractivity contribution in [2.75, 3.05) is 0 Å². The van der Waals surface area contributed by atoms with Gasteiger partial charge in [0.1, 0.15) is 5.69 Å². The quantitative estimate of drug-likeness (QED) is 0.616. The lowest BCUT2D eigenvalue weighted by atomic mass is 10.0. The average molecular weight is 294 g/mol. The Morgan fingerprint density at radius 1 is 1.09 bits per heavy atom. The number of aryl methyl sites for hydroxylation is 1. The van der Waals surface area contributed by atoms with E-state index in [-0.39, 0.29) is 0 Å². The number of aromatic amines is 1. The molecule has 0 spiro atoms. The maximum Gasteiger partial charge on any atom is 0.155 e. The first-order chi connectivity index (χ1) is 10.7. The van der Waals surface area contributed by atoms with Gasteiger partial charge in [-0.3, -0.25) is 14.8 Å². The van der Waals surface area contributed by atoms with Crippen molar-refractivity contribution < 1.29 is 4.39 Å². The fourth-order valence-corrected chi connectivity index (χ4v) is 2.54. The van der Waals surface area contributed by atoms with Crippen LogP contribution in [-0.4, -0.2) is 29.9 Å². The van der Waals surface area contributed by atoms with Crippen LogP contribution in [0.1, 0.15) is 0 Å². The summed E-state index contributed by atoms with van der Waals surface area (Å²) in [5.41, 5.74) is 3.39. The molecule has 0 saturated carbocycles. The van der Waals surface area contributed by atoms with E-state index in [0.717, 1.165) is 16.5 Å². The van der Waals surface area contributed by atoms with Gasteiger partial charge in [-0.1, -0.05) is 0 Å². The zero-order valence-corrected chi connectivity index (χ0v) is 11.7. The van der Waals surface area contributed by atoms with E-state index in [2.05, 4.69) is 25.3 Å². The SMILES string of the molecule is Cn1cc(-c2ccnc3[nH]ncc23)c(-c2ccncc2F)n1. The smallest absolute Gasteiger partial charge is 0.155 e. The van der Waals surface area contributed by atoms with Crippen LogP contribution >= 0.6 is 0 Å². The highest BCUT2D eigenvalue weighted by Gasteiger charge is 2.17. The van der Waals surface area contributed by atoms with Crippen LogP contribution in [0.15, 0.2) is 43.1 Å². The maximum atomic E-state index is 14.1. The number of nitrogens with one attached hydrogen (secondary N) is 1. The van der Waals surface area contributed by atoms with Crippen molar-refractivity contribution in [1.82, 2.24) is 29.9 Å². The molecule has 108 valence electrons. The van der Waals surface area contributed by atoms with E-state index in [0.29, 0.717) is 16.9 Å². The molecule has 6 nitrogen and oxygen atoms in total. The summed E-state index contributed by atoms with van der Waals surface area (Å²) in [5.74, 6) is -0.403. The topological polar surface area (TPSA) is 72.3 Å². The first-order valence-electron chi connectivity index (χ1n) is 6.66. The molecule has 4 aromatic heterocycles. The molecule has 0 saturated heterocycles. The minimum Gasteiger partial charge on any atom is -0.275 e. The standard InChI is InChI=1S/C15H11FN6/c1-22-8-12(9-3-5-18-15-11(9)6-19-20-15)14(21-22)10-2-4-17-7-13(10)16/h2-8H,1H3,(H,18,19,20). The van der Waals surface area contributed by atoms with Crippen molar-refractivity contribution >= 4 is 11.0 Å². The summed E-state index contributed by atoms with van der Waals surface area (Å²) in [5, 5.41) is 12.1. The molecule has 1 N–H and O–H groups in total. The number of hydrogen-bond donors (Lipinski definition) is 1. The highest BCUT2D eigenvalue weighted by Crippen LogP contribution is 2.34. The monoisotopic (exact) mass is 294 g/mol. The first-order valence-corrected chi connectivity index (χ1v) is 6.66. The molecule has 0 aliphatic rings. The Bertz CT molecular complexity index is 971. The molecular weight excluding hydrogens is 283 g/mol. The van der Waals surface area contributed by atoms with Crippen LogP contribution in [0.2, 0.25) is 0 Å². The van der Waals surface area contributed by atoms with Crippen molar-refractivity contribution in [3.63, 3.8) is 0 Å². The summed E-state index contributed by atoms with van der Waals surface area (Å²) in [6.07, 6.45) is 7.99. The first kappa shape index (κ1) is 12.6. The third-order valence-electron chi connectivity index (χ3n) is 3.50. The van der Waals surface area contributed by atoms with Gasteiger partial charge in [-0.05, 0) is 17.7 Å². The number of halogens is 1. The number of hydrogen-bond acceptors (Lipinski definition) is 4. The van der Waals surface area contributed by atoms with Crippen LogP contribution < -0.4 is 0 Å². The molecule has 0 amide bonds. The van der Waals surface area contributed by atoms with E-state index in [1.165, 1.54) is 6.20 Å². The van der Waals surface area contributed by atoms with Gasteiger partial charge in [0.25, 0.3) is 0 Å². The second-order valence-electron chi connectivity index (χ2n) is 4.91. The molecule has 0 aliphatic heterocycles. The van der Waals surface area contributed by atoms with E-state index in [1.807, 2.05) is 12.3 Å². The molecule has 7 heteroatoms. The molecule has 0 unspecified atom stereocenters. The van der Waals surface area contributed by atoms with E-state index in [4.69, 9.17) is 0 Å². The van der Waals surface area contributed by atoms with Crippen LogP contribution in [-0.2, 0) is 7.05 Å². The Morgan fingerprint density at radius 3 is 2.82 bits per heavy atom. The van der Waals surface area contributed by atoms with Gasteiger partial charge in [0.05, 0.1) is 12.4 Å². The highest BCUT2D eigenvalue weighted by molar-refractivity contribution is 5.96. The zero-order chi connectivity index (χ0) is 15.1. The van der Waals surface area contributed by atoms with E-state index >= 15 is 0 Å². The number of rotatable bonds is 2. The summed E-state index contributed by atoms with van der Waals surface area (Å²) in [6, 6.07) is 3.49. The van der Waals surface area contributed by atoms with Crippen molar-refractivity contribution in [2.24, 2.45) is 7.05 Å². The Kier molecular flexibility index (Phi) is 2.72. The molecule has 4 rings (SSSR count). The molecular formula is C15H11FN6. The largest absolute Gasteiger partial charge is 0.275 e. The molecule has 0 fully saturated rings. The minimum atomic E-state index is -0.403. The second kappa shape index (κ2) is 4.73. The Labute approximate surface area is 124 Å². The van der Waals surface area contributed by atoms with Crippen LogP contribution in [0.25, 0.3) is 33.4 Å². The van der Waals surface area contributed by atoms with Crippen molar-refractivity contribution in [2.45, 2.75) is 0 Å². The lowest BCUT2D eigenvalue weighted by Gasteiger charge is -2.04. The third kappa shape index (κ3) is 1.86. The van der Waals surface area contributed by atoms with Crippen LogP contribution in [0, 0.1) is 5.82 Å². The molecule has 4 aromatic rings. The Hall–Kier alpha value is -3.09. The molecule has 0 aliphatic carbocycles. The van der Waals surface area contributed by atoms with Crippen LogP contribution in [0.5, 0.6) is 0 Å². The zero-order valence-electron chi connectivity index (χ0n) is 11.7. The molecule has 0 radical (unpaired) electrons. The number of pyridine rings is 2. The van der Waals surface area contributed by atoms with E-state index < -0.39 is 5.82 Å². The fraction of sp³-hybridized carbons (Fsp3) is 0.0667. The van der Waals surface area contributed by atoms with Gasteiger partial charge in [-0.15, -0.1) is 0 Å². The summed E-state index contributed by atoms with van der Waals surface area (Å²) >= 11 is 0. The van der Waals surface area contributed by atoms with Crippen molar-refractivity contribution in [3.8, 4) is 22.4 Å². The van der Waals surface area contributed by atoms with Crippen LogP contribution in [0.4, 0.5) is 4.39 Å². The fourth-order valence-electron chi connectivity index (χ4n) is 2.54. The third-order valence-corrected chi connectivity index (χ3v) is 3.50. The highest BCUT2D eigenvalue weighted by atomic mass is 19.1. The van der Waals surface area contributed by atoms with Gasteiger partial charge in [0.15, 0.2) is 11.5 Å². The summed E-state index contributed by atoms with van der Waals surface area (Å²) in [7, 11) is 1.81. The van der Waals surface area contributed by atoms with Gasteiger partial charge >= 0.3 is 0 Å². The maximum absolute atomic E-state index is 14.1. The summed E-state index contributed by atoms with van der Waals surface area (Å²) in [4.78, 5) is 8.01. The normalized spacial score (nSPS) is 11.2. The van der Waals surface area contributed by atoms with Crippen molar-refractivity contribution in [3.05, 3.63) is 48.9 Å². The van der Waals surface area contributed by atoms with Gasteiger partial charge < -0.3 is 0 Å². The predicted octanol–water partition coefficient (Wildman–Crippen LogP) is 2.56. The minimum absolute atomic E-state index is 0.403. The number of fused-ring (bicyclic) bond motifs is 1. The Balaban J connectivity index is 2.01. The average Bonchev–Trinajstić information content (AvgIpc) is 3.13. The van der Waals surface area contributed by atoms with Gasteiger partial charge in [-0.2, -0.15) is 10.2 Å². The molecule has 22 heavy (non-hydrogen) atoms. The van der Waals surface area contributed by atoms with Gasteiger partial charge in [0, 0.05) is 42.2 Å².